The van der Waals surface area contributed by atoms with Crippen molar-refractivity contribution in [1.29, 1.82) is 0 Å². The summed E-state index contributed by atoms with van der Waals surface area (Å²) in [7, 11) is 0. The molecule has 0 radical (unpaired) electrons. The third-order valence-electron chi connectivity index (χ3n) is 3.31. The van der Waals surface area contributed by atoms with Gasteiger partial charge in [0.2, 0.25) is 0 Å². The topological polar surface area (TPSA) is 34.1 Å². The molecule has 3 aromatic rings. The zero-order valence-corrected chi connectivity index (χ0v) is 12.0. The lowest BCUT2D eigenvalue weighted by Crippen LogP contribution is -2.00. The highest BCUT2D eigenvalue weighted by Gasteiger charge is 1.99. The van der Waals surface area contributed by atoms with Gasteiger partial charge in [0.15, 0.2) is 0 Å². The van der Waals surface area contributed by atoms with Gasteiger partial charge in [-0.15, -0.1) is 0 Å². The van der Waals surface area contributed by atoms with Gasteiger partial charge in [-0.05, 0) is 35.9 Å². The van der Waals surface area contributed by atoms with E-state index in [4.69, 9.17) is 4.74 Å². The van der Waals surface area contributed by atoms with E-state index in [0.717, 1.165) is 23.7 Å². The molecule has 3 nitrogen and oxygen atoms in total. The molecule has 0 fully saturated rings. The molecule has 21 heavy (non-hydrogen) atoms. The fourth-order valence-corrected chi connectivity index (χ4v) is 2.22. The van der Waals surface area contributed by atoms with Crippen molar-refractivity contribution in [3.05, 3.63) is 66.4 Å². The summed E-state index contributed by atoms with van der Waals surface area (Å²) in [6.07, 6.45) is 1.85. The molecule has 3 heteroatoms. The van der Waals surface area contributed by atoms with Crippen LogP contribution >= 0.6 is 0 Å². The zero-order chi connectivity index (χ0) is 14.5. The molecule has 3 rings (SSSR count). The highest BCUT2D eigenvalue weighted by molar-refractivity contribution is 5.83. The van der Waals surface area contributed by atoms with Gasteiger partial charge in [0.1, 0.15) is 18.2 Å². The second-order valence-electron chi connectivity index (χ2n) is 4.88. The molecule has 0 spiro atoms. The van der Waals surface area contributed by atoms with Crippen molar-refractivity contribution in [2.45, 2.75) is 13.5 Å². The highest BCUT2D eigenvalue weighted by atomic mass is 16.5. The van der Waals surface area contributed by atoms with E-state index in [1.165, 1.54) is 10.8 Å². The molecule has 0 atom stereocenters. The number of benzene rings is 2. The van der Waals surface area contributed by atoms with E-state index < -0.39 is 0 Å². The van der Waals surface area contributed by atoms with Crippen molar-refractivity contribution < 1.29 is 4.74 Å². The van der Waals surface area contributed by atoms with Crippen LogP contribution in [0.4, 0.5) is 5.82 Å². The number of aromatic nitrogens is 1. The smallest absolute Gasteiger partial charge is 0.125 e. The number of ether oxygens (including phenoxy) is 1. The lowest BCUT2D eigenvalue weighted by molar-refractivity contribution is 0.306. The number of rotatable bonds is 5. The molecule has 0 aliphatic heterocycles. The van der Waals surface area contributed by atoms with Gasteiger partial charge in [-0.3, -0.25) is 0 Å². The predicted molar refractivity (Wildman–Crippen MR) is 86.7 cm³/mol. The fraction of sp³-hybridized carbons (Fsp3) is 0.167. The summed E-state index contributed by atoms with van der Waals surface area (Å²) in [5.41, 5.74) is 1.06. The minimum Gasteiger partial charge on any atom is -0.489 e. The van der Waals surface area contributed by atoms with Crippen molar-refractivity contribution in [2.75, 3.05) is 11.9 Å². The maximum Gasteiger partial charge on any atom is 0.125 e. The normalized spacial score (nSPS) is 10.5. The summed E-state index contributed by atoms with van der Waals surface area (Å²) >= 11 is 0. The second-order valence-corrected chi connectivity index (χ2v) is 4.88. The zero-order valence-electron chi connectivity index (χ0n) is 12.0. The van der Waals surface area contributed by atoms with Crippen molar-refractivity contribution in [3.8, 4) is 5.75 Å². The Balaban J connectivity index is 1.68. The molecule has 106 valence electrons. The summed E-state index contributed by atoms with van der Waals surface area (Å²) in [6.45, 7) is 3.45. The van der Waals surface area contributed by atoms with E-state index in [1.807, 2.05) is 36.5 Å². The van der Waals surface area contributed by atoms with Gasteiger partial charge >= 0.3 is 0 Å². The van der Waals surface area contributed by atoms with Gasteiger partial charge in [-0.2, -0.15) is 0 Å². The number of nitrogens with one attached hydrogen (secondary N) is 1. The molecule has 0 aliphatic carbocycles. The van der Waals surface area contributed by atoms with Crippen LogP contribution in [0.2, 0.25) is 0 Å². The SMILES string of the molecule is CCNc1ccc(COc2ccc3ccccc3c2)cn1. The monoisotopic (exact) mass is 278 g/mol. The van der Waals surface area contributed by atoms with E-state index in [1.54, 1.807) is 0 Å². The molecule has 0 saturated heterocycles. The molecule has 0 unspecified atom stereocenters. The van der Waals surface area contributed by atoms with E-state index in [0.29, 0.717) is 6.61 Å². The van der Waals surface area contributed by atoms with Crippen LogP contribution in [0.5, 0.6) is 5.75 Å². The Kier molecular flexibility index (Phi) is 4.01. The Morgan fingerprint density at radius 2 is 1.86 bits per heavy atom. The van der Waals surface area contributed by atoms with E-state index in [9.17, 15) is 0 Å². The number of fused-ring (bicyclic) bond motifs is 1. The molecular formula is C18H18N2O. The highest BCUT2D eigenvalue weighted by Crippen LogP contribution is 2.21. The number of hydrogen-bond donors (Lipinski definition) is 1. The maximum absolute atomic E-state index is 5.84. The molecule has 1 heterocycles. The predicted octanol–water partition coefficient (Wildman–Crippen LogP) is 4.25. The molecule has 0 bridgehead atoms. The van der Waals surface area contributed by atoms with Crippen LogP contribution in [0.15, 0.2) is 60.8 Å². The quantitative estimate of drug-likeness (QED) is 0.757. The third-order valence-corrected chi connectivity index (χ3v) is 3.31. The van der Waals surface area contributed by atoms with Crippen LogP contribution in [0, 0.1) is 0 Å². The minimum absolute atomic E-state index is 0.526. The van der Waals surface area contributed by atoms with Gasteiger partial charge in [-0.1, -0.05) is 36.4 Å². The molecular weight excluding hydrogens is 260 g/mol. The summed E-state index contributed by atoms with van der Waals surface area (Å²) in [5, 5.41) is 5.59. The average molecular weight is 278 g/mol. The van der Waals surface area contributed by atoms with Gasteiger partial charge in [0.05, 0.1) is 0 Å². The lowest BCUT2D eigenvalue weighted by atomic mass is 10.1. The van der Waals surface area contributed by atoms with E-state index in [-0.39, 0.29) is 0 Å². The maximum atomic E-state index is 5.84. The molecule has 2 aromatic carbocycles. The third kappa shape index (κ3) is 3.31. The Labute approximate surface area is 124 Å². The minimum atomic E-state index is 0.526. The van der Waals surface area contributed by atoms with Gasteiger partial charge in [0, 0.05) is 18.3 Å². The molecule has 1 N–H and O–H groups in total. The van der Waals surface area contributed by atoms with Crippen LogP contribution < -0.4 is 10.1 Å². The number of pyridine rings is 1. The van der Waals surface area contributed by atoms with Crippen LogP contribution in [0.3, 0.4) is 0 Å². The Hall–Kier alpha value is -2.55. The van der Waals surface area contributed by atoms with Crippen molar-refractivity contribution in [2.24, 2.45) is 0 Å². The van der Waals surface area contributed by atoms with Crippen molar-refractivity contribution in [3.63, 3.8) is 0 Å². The number of hydrogen-bond acceptors (Lipinski definition) is 3. The molecule has 0 saturated carbocycles. The number of nitrogens with zero attached hydrogens (tertiary/aromatic N) is 1. The van der Waals surface area contributed by atoms with Crippen LogP contribution in [0.25, 0.3) is 10.8 Å². The van der Waals surface area contributed by atoms with Crippen LogP contribution in [-0.4, -0.2) is 11.5 Å². The molecule has 0 amide bonds. The summed E-state index contributed by atoms with van der Waals surface area (Å²) in [6, 6.07) is 18.4. The summed E-state index contributed by atoms with van der Waals surface area (Å²) in [5.74, 6) is 1.77. The van der Waals surface area contributed by atoms with E-state index >= 15 is 0 Å². The second kappa shape index (κ2) is 6.27. The first-order valence-corrected chi connectivity index (χ1v) is 7.15. The van der Waals surface area contributed by atoms with Crippen molar-refractivity contribution >= 4 is 16.6 Å². The average Bonchev–Trinajstić information content (AvgIpc) is 2.54. The Morgan fingerprint density at radius 1 is 1.00 bits per heavy atom. The largest absolute Gasteiger partial charge is 0.489 e. The first-order chi connectivity index (χ1) is 10.3. The Morgan fingerprint density at radius 3 is 2.62 bits per heavy atom. The standard InChI is InChI=1S/C18H18N2O/c1-2-19-18-10-7-14(12-20-18)13-21-17-9-8-15-5-3-4-6-16(15)11-17/h3-12H,2,13H2,1H3,(H,19,20). The molecule has 1 aromatic heterocycles. The van der Waals surface area contributed by atoms with Crippen molar-refractivity contribution in [1.82, 2.24) is 4.98 Å². The summed E-state index contributed by atoms with van der Waals surface area (Å²) in [4.78, 5) is 4.34. The number of anilines is 1. The Bertz CT molecular complexity index is 723. The van der Waals surface area contributed by atoms with Gasteiger partial charge < -0.3 is 10.1 Å². The first-order valence-electron chi connectivity index (χ1n) is 7.15. The van der Waals surface area contributed by atoms with E-state index in [2.05, 4.69) is 41.5 Å². The van der Waals surface area contributed by atoms with Gasteiger partial charge in [-0.25, -0.2) is 4.98 Å². The fourth-order valence-electron chi connectivity index (χ4n) is 2.22. The molecule has 0 aliphatic rings. The van der Waals surface area contributed by atoms with Crippen LogP contribution in [-0.2, 0) is 6.61 Å². The van der Waals surface area contributed by atoms with Crippen LogP contribution in [0.1, 0.15) is 12.5 Å². The van der Waals surface area contributed by atoms with Gasteiger partial charge in [0.25, 0.3) is 0 Å². The lowest BCUT2D eigenvalue weighted by Gasteiger charge is -2.08. The summed E-state index contributed by atoms with van der Waals surface area (Å²) < 4.78 is 5.84. The first kappa shape index (κ1) is 13.4.